The van der Waals surface area contributed by atoms with E-state index in [4.69, 9.17) is 27.9 Å². The number of amidine groups is 1. The Balaban J connectivity index is 2.69. The molecule has 0 atom stereocenters. The zero-order valence-electron chi connectivity index (χ0n) is 9.37. The summed E-state index contributed by atoms with van der Waals surface area (Å²) in [6.07, 6.45) is -0.341. The fourth-order valence-electron chi connectivity index (χ4n) is 1.26. The molecule has 6 nitrogen and oxygen atoms in total. The van der Waals surface area contributed by atoms with Gasteiger partial charge in [-0.05, 0) is 18.2 Å². The first-order valence-electron chi connectivity index (χ1n) is 5.05. The molecule has 0 saturated heterocycles. The highest BCUT2D eigenvalue weighted by molar-refractivity contribution is 6.34. The second kappa shape index (κ2) is 6.02. The first kappa shape index (κ1) is 14.0. The molecule has 0 radical (unpaired) electrons. The minimum absolute atomic E-state index is 0.110. The summed E-state index contributed by atoms with van der Waals surface area (Å²) in [4.78, 5) is 21.7. The SMILES string of the molecule is N=C(N)c1ccc(NC(=O)CCC(=O)O)cc1Cl. The summed E-state index contributed by atoms with van der Waals surface area (Å²) >= 11 is 5.87. The van der Waals surface area contributed by atoms with Crippen molar-refractivity contribution in [2.24, 2.45) is 5.73 Å². The topological polar surface area (TPSA) is 116 Å². The predicted molar refractivity (Wildman–Crippen MR) is 68.0 cm³/mol. The van der Waals surface area contributed by atoms with Crippen molar-refractivity contribution < 1.29 is 14.7 Å². The molecule has 0 saturated carbocycles. The maximum atomic E-state index is 11.4. The molecule has 0 heterocycles. The summed E-state index contributed by atoms with van der Waals surface area (Å²) in [6, 6.07) is 4.51. The lowest BCUT2D eigenvalue weighted by molar-refractivity contribution is -0.138. The quantitative estimate of drug-likeness (QED) is 0.478. The molecule has 1 aromatic rings. The predicted octanol–water partition coefficient (Wildman–Crippen LogP) is 1.43. The first-order chi connectivity index (χ1) is 8.40. The molecule has 0 aliphatic rings. The molecule has 0 aliphatic carbocycles. The van der Waals surface area contributed by atoms with E-state index < -0.39 is 11.9 Å². The summed E-state index contributed by atoms with van der Waals surface area (Å²) in [5, 5.41) is 18.4. The van der Waals surface area contributed by atoms with Crippen LogP contribution in [0.15, 0.2) is 18.2 Å². The monoisotopic (exact) mass is 269 g/mol. The molecule has 1 amide bonds. The number of rotatable bonds is 5. The summed E-state index contributed by atoms with van der Waals surface area (Å²) in [7, 11) is 0. The Morgan fingerprint density at radius 1 is 1.39 bits per heavy atom. The van der Waals surface area contributed by atoms with Crippen molar-refractivity contribution in [2.75, 3.05) is 5.32 Å². The van der Waals surface area contributed by atoms with Crippen LogP contribution in [0.2, 0.25) is 5.02 Å². The molecule has 96 valence electrons. The Bertz CT molecular complexity index is 502. The van der Waals surface area contributed by atoms with Crippen LogP contribution in [0.1, 0.15) is 18.4 Å². The van der Waals surface area contributed by atoms with E-state index in [0.717, 1.165) is 0 Å². The number of nitrogen functional groups attached to an aromatic ring is 1. The van der Waals surface area contributed by atoms with Crippen LogP contribution >= 0.6 is 11.6 Å². The third kappa shape index (κ3) is 4.06. The van der Waals surface area contributed by atoms with Gasteiger partial charge in [-0.15, -0.1) is 0 Å². The van der Waals surface area contributed by atoms with Gasteiger partial charge in [0, 0.05) is 17.7 Å². The van der Waals surface area contributed by atoms with Crippen molar-refractivity contribution in [3.8, 4) is 0 Å². The molecule has 7 heteroatoms. The third-order valence-electron chi connectivity index (χ3n) is 2.11. The number of carbonyl (C=O) groups excluding carboxylic acids is 1. The molecular formula is C11H12ClN3O3. The van der Waals surface area contributed by atoms with Gasteiger partial charge in [0.2, 0.25) is 5.91 Å². The number of hydrogen-bond acceptors (Lipinski definition) is 3. The lowest BCUT2D eigenvalue weighted by Gasteiger charge is -2.07. The first-order valence-corrected chi connectivity index (χ1v) is 5.43. The molecule has 1 rings (SSSR count). The van der Waals surface area contributed by atoms with Crippen LogP contribution in [0.5, 0.6) is 0 Å². The van der Waals surface area contributed by atoms with Gasteiger partial charge in [0.05, 0.1) is 11.4 Å². The molecule has 0 bridgehead atoms. The zero-order valence-corrected chi connectivity index (χ0v) is 10.1. The van der Waals surface area contributed by atoms with E-state index in [2.05, 4.69) is 5.32 Å². The fraction of sp³-hybridized carbons (Fsp3) is 0.182. The number of carboxylic acid groups (broad SMARTS) is 1. The number of aliphatic carboxylic acids is 1. The van der Waals surface area contributed by atoms with E-state index in [1.165, 1.54) is 12.1 Å². The highest BCUT2D eigenvalue weighted by Crippen LogP contribution is 2.20. The smallest absolute Gasteiger partial charge is 0.303 e. The Labute approximate surface area is 108 Å². The highest BCUT2D eigenvalue weighted by Gasteiger charge is 2.08. The minimum Gasteiger partial charge on any atom is -0.481 e. The second-order valence-electron chi connectivity index (χ2n) is 3.55. The van der Waals surface area contributed by atoms with Crippen molar-refractivity contribution in [3.05, 3.63) is 28.8 Å². The average molecular weight is 270 g/mol. The van der Waals surface area contributed by atoms with Crippen LogP contribution in [-0.2, 0) is 9.59 Å². The van der Waals surface area contributed by atoms with Crippen LogP contribution in [0.3, 0.4) is 0 Å². The number of carboxylic acids is 1. The van der Waals surface area contributed by atoms with Crippen LogP contribution < -0.4 is 11.1 Å². The van der Waals surface area contributed by atoms with Crippen molar-refractivity contribution in [1.82, 2.24) is 0 Å². The van der Waals surface area contributed by atoms with Crippen LogP contribution in [0, 0.1) is 5.41 Å². The van der Waals surface area contributed by atoms with E-state index >= 15 is 0 Å². The van der Waals surface area contributed by atoms with E-state index in [-0.39, 0.29) is 23.7 Å². The summed E-state index contributed by atoms with van der Waals surface area (Å²) < 4.78 is 0. The zero-order chi connectivity index (χ0) is 13.7. The van der Waals surface area contributed by atoms with Gasteiger partial charge in [-0.2, -0.15) is 0 Å². The van der Waals surface area contributed by atoms with Crippen molar-refractivity contribution in [1.29, 1.82) is 5.41 Å². The number of amides is 1. The van der Waals surface area contributed by atoms with Crippen LogP contribution in [0.25, 0.3) is 0 Å². The van der Waals surface area contributed by atoms with Gasteiger partial charge in [0.25, 0.3) is 0 Å². The molecule has 0 spiro atoms. The Kier molecular flexibility index (Phi) is 4.67. The van der Waals surface area contributed by atoms with Gasteiger partial charge in [0.1, 0.15) is 5.84 Å². The second-order valence-corrected chi connectivity index (χ2v) is 3.96. The largest absolute Gasteiger partial charge is 0.481 e. The molecule has 5 N–H and O–H groups in total. The van der Waals surface area contributed by atoms with E-state index in [0.29, 0.717) is 11.3 Å². The van der Waals surface area contributed by atoms with Crippen LogP contribution in [0.4, 0.5) is 5.69 Å². The molecular weight excluding hydrogens is 258 g/mol. The Morgan fingerprint density at radius 3 is 2.56 bits per heavy atom. The lowest BCUT2D eigenvalue weighted by atomic mass is 10.2. The molecule has 0 aliphatic heterocycles. The number of nitrogens with two attached hydrogens (primary N) is 1. The summed E-state index contributed by atoms with van der Waals surface area (Å²) in [5.41, 5.74) is 6.10. The number of benzene rings is 1. The number of anilines is 1. The Hall–Kier alpha value is -2.08. The van der Waals surface area contributed by atoms with Crippen molar-refractivity contribution >= 4 is 35.0 Å². The van der Waals surface area contributed by atoms with Gasteiger partial charge in [-0.3, -0.25) is 15.0 Å². The molecule has 1 aromatic carbocycles. The van der Waals surface area contributed by atoms with E-state index in [9.17, 15) is 9.59 Å². The van der Waals surface area contributed by atoms with Crippen molar-refractivity contribution in [3.63, 3.8) is 0 Å². The summed E-state index contributed by atoms with van der Waals surface area (Å²) in [5.74, 6) is -1.61. The minimum atomic E-state index is -1.03. The standard InChI is InChI=1S/C11H12ClN3O3/c12-8-5-6(1-2-7(8)11(13)14)15-9(16)3-4-10(17)18/h1-2,5H,3-4H2,(H3,13,14)(H,15,16)(H,17,18). The lowest BCUT2D eigenvalue weighted by Crippen LogP contribution is -2.14. The highest BCUT2D eigenvalue weighted by atomic mass is 35.5. The summed E-state index contributed by atoms with van der Waals surface area (Å²) in [6.45, 7) is 0. The number of hydrogen-bond donors (Lipinski definition) is 4. The third-order valence-corrected chi connectivity index (χ3v) is 2.42. The van der Waals surface area contributed by atoms with E-state index in [1.807, 2.05) is 0 Å². The van der Waals surface area contributed by atoms with E-state index in [1.54, 1.807) is 6.07 Å². The molecule has 0 unspecified atom stereocenters. The normalized spacial score (nSPS) is 9.83. The molecule has 0 fully saturated rings. The van der Waals surface area contributed by atoms with Gasteiger partial charge in [-0.25, -0.2) is 0 Å². The number of carbonyl (C=O) groups is 2. The van der Waals surface area contributed by atoms with Crippen molar-refractivity contribution in [2.45, 2.75) is 12.8 Å². The number of nitrogens with one attached hydrogen (secondary N) is 2. The molecule has 18 heavy (non-hydrogen) atoms. The Morgan fingerprint density at radius 2 is 2.06 bits per heavy atom. The van der Waals surface area contributed by atoms with Gasteiger partial charge in [0.15, 0.2) is 0 Å². The van der Waals surface area contributed by atoms with Gasteiger partial charge < -0.3 is 16.2 Å². The fourth-order valence-corrected chi connectivity index (χ4v) is 1.54. The van der Waals surface area contributed by atoms with Crippen LogP contribution in [-0.4, -0.2) is 22.8 Å². The van der Waals surface area contributed by atoms with Gasteiger partial charge >= 0.3 is 5.97 Å². The maximum absolute atomic E-state index is 11.4. The van der Waals surface area contributed by atoms with Gasteiger partial charge in [-0.1, -0.05) is 11.6 Å². The molecule has 0 aromatic heterocycles. The average Bonchev–Trinajstić information content (AvgIpc) is 2.26. The maximum Gasteiger partial charge on any atom is 0.303 e. The number of halogens is 1.